The summed E-state index contributed by atoms with van der Waals surface area (Å²) in [5, 5.41) is 0. The topological polar surface area (TPSA) is 126 Å². The van der Waals surface area contributed by atoms with E-state index < -0.39 is 27.2 Å². The zero-order valence-electron chi connectivity index (χ0n) is 4.16. The maximum Gasteiger partial charge on any atom is 0.364 e. The molecule has 0 unspecified atom stereocenters. The maximum absolute atomic E-state index is 9.92. The van der Waals surface area contributed by atoms with Crippen LogP contribution in [-0.4, -0.2) is 30.1 Å². The highest BCUT2D eigenvalue weighted by molar-refractivity contribution is 8.94. The van der Waals surface area contributed by atoms with Crippen molar-refractivity contribution in [2.45, 2.75) is 0 Å². The standard InChI is InChI=1S/H2O7S3/c1-8(9(2,3)4)10(5,6)7/h(H,2,3,4)(H,5,6,7). The van der Waals surface area contributed by atoms with Crippen molar-refractivity contribution in [1.29, 1.82) is 0 Å². The normalized spacial score (nSPS) is 13.9. The second-order valence-electron chi connectivity index (χ2n) is 1.06. The minimum absolute atomic E-state index is 3.70. The predicted molar refractivity (Wildman–Crippen MR) is 31.2 cm³/mol. The van der Waals surface area contributed by atoms with Crippen LogP contribution in [0.15, 0.2) is 0 Å². The van der Waals surface area contributed by atoms with Gasteiger partial charge in [-0.25, -0.2) is 4.21 Å². The molecule has 7 nitrogen and oxygen atoms in total. The van der Waals surface area contributed by atoms with Crippen LogP contribution < -0.4 is 0 Å². The summed E-state index contributed by atoms with van der Waals surface area (Å²) in [4.78, 5) is 0. The SMILES string of the molecule is O=S(S(=O)(=O)O)S(=O)(=O)O. The van der Waals surface area contributed by atoms with Crippen LogP contribution in [0.1, 0.15) is 0 Å². The highest BCUT2D eigenvalue weighted by Gasteiger charge is 2.29. The molecule has 0 amide bonds. The van der Waals surface area contributed by atoms with Gasteiger partial charge in [0.05, 0.1) is 0 Å². The largest absolute Gasteiger partial charge is 0.364 e. The summed E-state index contributed by atoms with van der Waals surface area (Å²) < 4.78 is 64.2. The van der Waals surface area contributed by atoms with E-state index in [4.69, 9.17) is 9.11 Å². The molecular formula is H2O7S3. The van der Waals surface area contributed by atoms with E-state index in [2.05, 4.69) is 0 Å². The van der Waals surface area contributed by atoms with E-state index in [0.717, 1.165) is 0 Å². The van der Waals surface area contributed by atoms with Gasteiger partial charge >= 0.3 is 27.2 Å². The molecule has 0 aromatic rings. The van der Waals surface area contributed by atoms with Crippen LogP contribution >= 0.6 is 0 Å². The van der Waals surface area contributed by atoms with Crippen LogP contribution in [0.2, 0.25) is 0 Å². The molecule has 0 saturated carbocycles. The molecule has 0 radical (unpaired) electrons. The number of hydrogen-bond acceptors (Lipinski definition) is 5. The second kappa shape index (κ2) is 2.54. The summed E-state index contributed by atoms with van der Waals surface area (Å²) in [5.74, 6) is 0. The molecule has 0 aliphatic heterocycles. The molecule has 0 fully saturated rings. The quantitative estimate of drug-likeness (QED) is 0.412. The summed E-state index contributed by atoms with van der Waals surface area (Å²) in [7, 11) is -14.2. The highest BCUT2D eigenvalue weighted by Crippen LogP contribution is 2.00. The van der Waals surface area contributed by atoms with Crippen molar-refractivity contribution in [3.63, 3.8) is 0 Å². The van der Waals surface area contributed by atoms with Crippen molar-refractivity contribution in [1.82, 2.24) is 0 Å². The number of rotatable bonds is 2. The average Bonchev–Trinajstić information content (AvgIpc) is 1.59. The van der Waals surface area contributed by atoms with Gasteiger partial charge in [-0.15, -0.1) is 0 Å². The fourth-order valence-electron chi connectivity index (χ4n) is 0.109. The lowest BCUT2D eigenvalue weighted by Gasteiger charge is -1.89. The zero-order chi connectivity index (χ0) is 8.58. The Labute approximate surface area is 57.8 Å². The Kier molecular flexibility index (Phi) is 2.53. The third kappa shape index (κ3) is 2.70. The summed E-state index contributed by atoms with van der Waals surface area (Å²) >= 11 is 0. The molecule has 10 heavy (non-hydrogen) atoms. The number of hydrogen-bond donors (Lipinski definition) is 2. The van der Waals surface area contributed by atoms with Crippen molar-refractivity contribution in [2.24, 2.45) is 0 Å². The maximum atomic E-state index is 9.92. The minimum atomic E-state index is -5.23. The fourth-order valence-corrected chi connectivity index (χ4v) is 2.93. The molecule has 0 spiro atoms. The summed E-state index contributed by atoms with van der Waals surface area (Å²) in [6.07, 6.45) is 0. The molecule has 0 aliphatic rings. The molecule has 0 aliphatic carbocycles. The van der Waals surface area contributed by atoms with E-state index in [0.29, 0.717) is 0 Å². The fraction of sp³-hybridized carbons (Fsp3) is 0. The van der Waals surface area contributed by atoms with E-state index in [1.165, 1.54) is 0 Å². The van der Waals surface area contributed by atoms with Gasteiger partial charge in [0.15, 0.2) is 0 Å². The molecule has 10 heteroatoms. The molecule has 2 N–H and O–H groups in total. The Morgan fingerprint density at radius 2 is 1.10 bits per heavy atom. The summed E-state index contributed by atoms with van der Waals surface area (Å²) in [5.41, 5.74) is 0. The first-order chi connectivity index (χ1) is 4.15. The predicted octanol–water partition coefficient (Wildman–Crippen LogP) is -1.66. The van der Waals surface area contributed by atoms with Crippen LogP contribution in [0.5, 0.6) is 0 Å². The van der Waals surface area contributed by atoms with E-state index in [1.54, 1.807) is 0 Å². The molecule has 0 rings (SSSR count). The lowest BCUT2D eigenvalue weighted by molar-refractivity contribution is 0.494. The van der Waals surface area contributed by atoms with Crippen molar-refractivity contribution in [2.75, 3.05) is 0 Å². The van der Waals surface area contributed by atoms with Gasteiger partial charge in [0, 0.05) is 0 Å². The highest BCUT2D eigenvalue weighted by atomic mass is 33.6. The van der Waals surface area contributed by atoms with Crippen LogP contribution in [0, 0.1) is 0 Å². The van der Waals surface area contributed by atoms with E-state index in [-0.39, 0.29) is 0 Å². The Morgan fingerprint density at radius 3 is 1.10 bits per heavy atom. The minimum Gasteiger partial charge on any atom is -0.275 e. The molecular weight excluding hydrogens is 208 g/mol. The van der Waals surface area contributed by atoms with E-state index >= 15 is 0 Å². The first-order valence-electron chi connectivity index (χ1n) is 1.53. The van der Waals surface area contributed by atoms with Gasteiger partial charge in [-0.2, -0.15) is 16.8 Å². The molecule has 0 aromatic heterocycles. The molecule has 0 atom stereocenters. The average molecular weight is 210 g/mol. The lowest BCUT2D eigenvalue weighted by atomic mass is 15.9. The molecule has 0 bridgehead atoms. The Bertz CT molecular complexity index is 291. The summed E-state index contributed by atoms with van der Waals surface area (Å²) in [6, 6.07) is 0. The third-order valence-corrected chi connectivity index (χ3v) is 6.19. The van der Waals surface area contributed by atoms with Gasteiger partial charge in [0.25, 0.3) is 0 Å². The van der Waals surface area contributed by atoms with Gasteiger partial charge in [-0.1, -0.05) is 0 Å². The molecule has 0 saturated heterocycles. The van der Waals surface area contributed by atoms with Crippen molar-refractivity contribution < 1.29 is 30.1 Å². The van der Waals surface area contributed by atoms with Gasteiger partial charge in [-0.05, 0) is 0 Å². The van der Waals surface area contributed by atoms with Crippen molar-refractivity contribution >= 4 is 27.2 Å². The summed E-state index contributed by atoms with van der Waals surface area (Å²) in [6.45, 7) is 0. The van der Waals surface area contributed by atoms with Gasteiger partial charge in [-0.3, -0.25) is 9.11 Å². The zero-order valence-corrected chi connectivity index (χ0v) is 6.61. The molecule has 0 aromatic carbocycles. The van der Waals surface area contributed by atoms with E-state index in [9.17, 15) is 21.0 Å². The lowest BCUT2D eigenvalue weighted by Crippen LogP contribution is -2.15. The monoisotopic (exact) mass is 210 g/mol. The van der Waals surface area contributed by atoms with Crippen molar-refractivity contribution in [3.05, 3.63) is 0 Å². The Hall–Kier alpha value is -0.0300. The second-order valence-corrected chi connectivity index (χ2v) is 8.16. The van der Waals surface area contributed by atoms with Gasteiger partial charge in [0.2, 0.25) is 0 Å². The van der Waals surface area contributed by atoms with Crippen LogP contribution in [0.3, 0.4) is 0 Å². The van der Waals surface area contributed by atoms with Crippen LogP contribution in [-0.2, 0) is 27.2 Å². The van der Waals surface area contributed by atoms with Gasteiger partial charge < -0.3 is 0 Å². The third-order valence-electron chi connectivity index (χ3n) is 0.344. The smallest absolute Gasteiger partial charge is 0.275 e. The molecule has 0 heterocycles. The Morgan fingerprint density at radius 1 is 0.900 bits per heavy atom. The Balaban J connectivity index is 5.16. The molecule has 62 valence electrons. The first kappa shape index (κ1) is 9.97. The van der Waals surface area contributed by atoms with Crippen molar-refractivity contribution in [3.8, 4) is 0 Å². The first-order valence-corrected chi connectivity index (χ1v) is 6.60. The van der Waals surface area contributed by atoms with Crippen LogP contribution in [0.25, 0.3) is 0 Å². The van der Waals surface area contributed by atoms with E-state index in [1.807, 2.05) is 0 Å². The van der Waals surface area contributed by atoms with Crippen LogP contribution in [0.4, 0.5) is 0 Å². The van der Waals surface area contributed by atoms with Gasteiger partial charge in [0.1, 0.15) is 0 Å².